The van der Waals surface area contributed by atoms with Crippen molar-refractivity contribution in [1.82, 2.24) is 14.8 Å². The van der Waals surface area contributed by atoms with Crippen LogP contribution in [0, 0.1) is 5.92 Å². The minimum Gasteiger partial charge on any atom is -0.449 e. The number of carbonyl (C=O) groups is 4. The lowest BCUT2D eigenvalue weighted by Gasteiger charge is -2.38. The van der Waals surface area contributed by atoms with Gasteiger partial charge in [-0.05, 0) is 75.1 Å². The van der Waals surface area contributed by atoms with Gasteiger partial charge < -0.3 is 19.3 Å². The van der Waals surface area contributed by atoms with Crippen LogP contribution in [0.1, 0.15) is 42.8 Å². The number of piperidine rings is 1. The smallest absolute Gasteiger partial charge is 0.422 e. The van der Waals surface area contributed by atoms with Gasteiger partial charge in [-0.3, -0.25) is 9.59 Å². The second-order valence-corrected chi connectivity index (χ2v) is 11.5. The molecule has 1 aliphatic rings. The number of likely N-dealkylation sites (tertiary alicyclic amines) is 1. The van der Waals surface area contributed by atoms with Gasteiger partial charge in [-0.15, -0.1) is 11.3 Å². The zero-order valence-corrected chi connectivity index (χ0v) is 25.0. The van der Waals surface area contributed by atoms with Gasteiger partial charge in [0.05, 0.1) is 21.3 Å². The second-order valence-electron chi connectivity index (χ2n) is 10.1. The molecule has 0 radical (unpaired) electrons. The van der Waals surface area contributed by atoms with Gasteiger partial charge in [0.15, 0.2) is 13.2 Å². The van der Waals surface area contributed by atoms with Crippen molar-refractivity contribution in [2.24, 2.45) is 5.92 Å². The van der Waals surface area contributed by atoms with Gasteiger partial charge in [0.1, 0.15) is 0 Å². The van der Waals surface area contributed by atoms with E-state index in [4.69, 9.17) is 4.98 Å². The third-order valence-corrected chi connectivity index (χ3v) is 7.23. The van der Waals surface area contributed by atoms with Crippen molar-refractivity contribution in [3.8, 4) is 0 Å². The van der Waals surface area contributed by atoms with Crippen LogP contribution in [0.5, 0.6) is 0 Å². The van der Waals surface area contributed by atoms with Crippen molar-refractivity contribution in [2.45, 2.75) is 51.0 Å². The molecule has 0 aliphatic carbocycles. The molecule has 1 aromatic carbocycles. The number of carbonyl (C=O) groups excluding carboxylic acids is 4. The van der Waals surface area contributed by atoms with Crippen LogP contribution in [0.4, 0.5) is 26.3 Å². The number of aromatic nitrogens is 1. The molecule has 1 aliphatic heterocycles. The van der Waals surface area contributed by atoms with E-state index in [1.165, 1.54) is 4.90 Å². The van der Waals surface area contributed by atoms with Gasteiger partial charge in [0.25, 0.3) is 0 Å². The lowest BCUT2D eigenvalue weighted by Crippen LogP contribution is -2.45. The van der Waals surface area contributed by atoms with Crippen molar-refractivity contribution >= 4 is 56.2 Å². The molecule has 1 amide bonds. The predicted octanol–water partition coefficient (Wildman–Crippen LogP) is 5.05. The third-order valence-electron chi connectivity index (χ3n) is 5.98. The number of nitrogens with zero attached hydrogens (tertiary/aromatic N) is 3. The summed E-state index contributed by atoms with van der Waals surface area (Å²) in [5, 5.41) is -0.533. The second kappa shape index (κ2) is 15.7. The summed E-state index contributed by atoms with van der Waals surface area (Å²) in [6.45, 7) is -0.364. The van der Waals surface area contributed by atoms with Crippen molar-refractivity contribution in [2.75, 3.05) is 40.4 Å². The molecular weight excluding hydrogens is 632 g/mol. The molecule has 0 spiro atoms. The molecular formula is C26H30ClF6N3O6S. The van der Waals surface area contributed by atoms with Crippen LogP contribution in [-0.2, 0) is 35.1 Å². The average molecular weight is 662 g/mol. The highest BCUT2D eigenvalue weighted by Gasteiger charge is 2.37. The van der Waals surface area contributed by atoms with Crippen molar-refractivity contribution in [1.29, 1.82) is 0 Å². The Morgan fingerprint density at radius 3 is 2.19 bits per heavy atom. The zero-order chi connectivity index (χ0) is 32.5. The molecule has 0 bridgehead atoms. The first kappa shape index (κ1) is 36.2. The fraction of sp³-hybridized carbons (Fsp3) is 0.577. The Bertz CT molecular complexity index is 1290. The summed E-state index contributed by atoms with van der Waals surface area (Å²) in [5.74, 6) is -4.08. The van der Waals surface area contributed by atoms with E-state index in [9.17, 15) is 45.5 Å². The van der Waals surface area contributed by atoms with Crippen LogP contribution in [0.15, 0.2) is 18.2 Å². The van der Waals surface area contributed by atoms with Gasteiger partial charge in [-0.25, -0.2) is 14.6 Å². The lowest BCUT2D eigenvalue weighted by atomic mass is 9.89. The summed E-state index contributed by atoms with van der Waals surface area (Å²) >= 11 is 6.11. The highest BCUT2D eigenvalue weighted by atomic mass is 35.5. The predicted molar refractivity (Wildman–Crippen MR) is 144 cm³/mol. The number of fused-ring (bicyclic) bond motifs is 1. The molecule has 9 nitrogen and oxygen atoms in total. The molecule has 2 heterocycles. The van der Waals surface area contributed by atoms with Crippen LogP contribution in [0.25, 0.3) is 10.2 Å². The summed E-state index contributed by atoms with van der Waals surface area (Å²) in [5.41, 5.74) is 1.66. The first-order chi connectivity index (χ1) is 19.9. The minimum atomic E-state index is -4.68. The van der Waals surface area contributed by atoms with E-state index in [1.807, 2.05) is 39.2 Å². The number of ether oxygens (including phenoxy) is 2. The maximum absolute atomic E-state index is 12.7. The van der Waals surface area contributed by atoms with E-state index in [0.717, 1.165) is 46.6 Å². The summed E-state index contributed by atoms with van der Waals surface area (Å²) in [6, 6.07) is 5.39. The summed E-state index contributed by atoms with van der Waals surface area (Å²) in [6.07, 6.45) is -5.97. The minimum absolute atomic E-state index is 0.136. The summed E-state index contributed by atoms with van der Waals surface area (Å²) in [4.78, 5) is 52.6. The van der Waals surface area contributed by atoms with Crippen LogP contribution in [0.2, 0.25) is 0 Å². The number of rotatable bonds is 8. The first-order valence-corrected chi connectivity index (χ1v) is 14.1. The van der Waals surface area contributed by atoms with Crippen molar-refractivity contribution in [3.63, 3.8) is 0 Å². The number of thiazole rings is 1. The number of alkyl halides is 6. The molecule has 2 aromatic rings. The average Bonchev–Trinajstić information content (AvgIpc) is 3.31. The molecule has 0 N–H and O–H groups in total. The number of esters is 2. The van der Waals surface area contributed by atoms with Crippen LogP contribution < -0.4 is 0 Å². The molecule has 1 aromatic heterocycles. The van der Waals surface area contributed by atoms with Gasteiger partial charge in [0.2, 0.25) is 0 Å². The Kier molecular flexibility index (Phi) is 13.2. The standard InChI is InChI=1S/C22H28F3N3O3S.C4H2ClF3O3/c1-14-6-8-17(28(12-14)20(29)21(30)31-13-22(23,24)25)15-7-9-18-16(11-15)26-19(32-18)5-4-10-27(2)3;5-2(9)3(10)11-1-4(6,7)8/h7,9,11,14,17H,4-6,8,10,12-13H2,1-3H3;1H2/t14-,17+;/m0./s1. The largest absolute Gasteiger partial charge is 0.449 e. The third kappa shape index (κ3) is 12.6. The van der Waals surface area contributed by atoms with Crippen LogP contribution >= 0.6 is 22.9 Å². The number of aryl methyl sites for hydroxylation is 1. The molecule has 3 rings (SSSR count). The first-order valence-electron chi connectivity index (χ1n) is 12.9. The van der Waals surface area contributed by atoms with E-state index in [0.29, 0.717) is 6.42 Å². The maximum Gasteiger partial charge on any atom is 0.422 e. The van der Waals surface area contributed by atoms with E-state index >= 15 is 0 Å². The molecule has 0 saturated carbocycles. The highest BCUT2D eigenvalue weighted by Crippen LogP contribution is 2.36. The van der Waals surface area contributed by atoms with Gasteiger partial charge >= 0.3 is 35.4 Å². The molecule has 0 unspecified atom stereocenters. The number of hydrogen-bond donors (Lipinski definition) is 0. The summed E-state index contributed by atoms with van der Waals surface area (Å²) < 4.78 is 79.6. The van der Waals surface area contributed by atoms with Gasteiger partial charge in [-0.1, -0.05) is 13.0 Å². The van der Waals surface area contributed by atoms with E-state index < -0.39 is 54.7 Å². The fourth-order valence-corrected chi connectivity index (χ4v) is 5.15. The zero-order valence-electron chi connectivity index (χ0n) is 23.4. The Morgan fingerprint density at radius 2 is 1.63 bits per heavy atom. The number of halogens is 7. The number of benzene rings is 1. The van der Waals surface area contributed by atoms with E-state index in [-0.39, 0.29) is 12.5 Å². The van der Waals surface area contributed by atoms with Crippen molar-refractivity contribution in [3.05, 3.63) is 28.8 Å². The maximum atomic E-state index is 12.7. The molecule has 240 valence electrons. The van der Waals surface area contributed by atoms with Crippen LogP contribution in [0.3, 0.4) is 0 Å². The molecule has 2 atom stereocenters. The lowest BCUT2D eigenvalue weighted by molar-refractivity contribution is -0.190. The summed E-state index contributed by atoms with van der Waals surface area (Å²) in [7, 11) is 4.06. The van der Waals surface area contributed by atoms with Gasteiger partial charge in [0, 0.05) is 13.0 Å². The van der Waals surface area contributed by atoms with Crippen molar-refractivity contribution < 1.29 is 55.0 Å². The monoisotopic (exact) mass is 661 g/mol. The van der Waals surface area contributed by atoms with E-state index in [2.05, 4.69) is 26.0 Å². The van der Waals surface area contributed by atoms with Gasteiger partial charge in [-0.2, -0.15) is 26.3 Å². The quantitative estimate of drug-likeness (QED) is 0.168. The molecule has 43 heavy (non-hydrogen) atoms. The Balaban J connectivity index is 0.000000499. The van der Waals surface area contributed by atoms with E-state index in [1.54, 1.807) is 11.3 Å². The topological polar surface area (TPSA) is 106 Å². The highest BCUT2D eigenvalue weighted by molar-refractivity contribution is 7.18. The SMILES string of the molecule is C[C@H]1CC[C@H](c2ccc3sc(CCCN(C)C)nc3c2)N(C(=O)C(=O)OCC(F)(F)F)C1.O=C(Cl)C(=O)OCC(F)(F)F. The van der Waals surface area contributed by atoms with Crippen LogP contribution in [-0.4, -0.2) is 90.6 Å². The normalized spacial score (nSPS) is 17.3. The molecule has 1 saturated heterocycles. The molecule has 1 fully saturated rings. The Labute approximate surface area is 252 Å². The Morgan fingerprint density at radius 1 is 1.02 bits per heavy atom. The Hall–Kier alpha value is -2.98. The number of hydrogen-bond acceptors (Lipinski definition) is 9. The molecule has 17 heteroatoms. The fourth-order valence-electron chi connectivity index (χ4n) is 4.11. The number of amides is 1.